The maximum atomic E-state index is 12.5. The second-order valence-electron chi connectivity index (χ2n) is 6.70. The molecule has 1 fully saturated rings. The number of hydrogen-bond donors (Lipinski definition) is 3. The zero-order valence-corrected chi connectivity index (χ0v) is 16.5. The summed E-state index contributed by atoms with van der Waals surface area (Å²) in [4.78, 5) is 37.4. The van der Waals surface area contributed by atoms with E-state index in [0.717, 1.165) is 6.07 Å². The smallest absolute Gasteiger partial charge is 0.293 e. The third kappa shape index (κ3) is 5.08. The number of pyridine rings is 1. The Balaban J connectivity index is 1.75. The maximum Gasteiger partial charge on any atom is 0.293 e. The van der Waals surface area contributed by atoms with Crippen molar-refractivity contribution in [2.75, 3.05) is 18.4 Å². The number of nitro benzene ring substituents is 1. The lowest BCUT2D eigenvalue weighted by atomic mass is 9.99. The summed E-state index contributed by atoms with van der Waals surface area (Å²) in [5.41, 5.74) is -0.255. The van der Waals surface area contributed by atoms with Crippen LogP contribution in [0.5, 0.6) is 0 Å². The van der Waals surface area contributed by atoms with Gasteiger partial charge in [-0.25, -0.2) is 13.1 Å². The van der Waals surface area contributed by atoms with Crippen LogP contribution in [0.3, 0.4) is 0 Å². The number of carbonyl (C=O) groups is 2. The topological polar surface area (TPSA) is 160 Å². The van der Waals surface area contributed by atoms with Crippen molar-refractivity contribution >= 4 is 33.2 Å². The predicted octanol–water partition coefficient (Wildman–Crippen LogP) is 1.05. The Kier molecular flexibility index (Phi) is 6.26. The first kappa shape index (κ1) is 21.2. The van der Waals surface area contributed by atoms with Crippen LogP contribution in [-0.4, -0.2) is 43.2 Å². The number of piperidine rings is 1. The van der Waals surface area contributed by atoms with Gasteiger partial charge in [-0.15, -0.1) is 0 Å². The Morgan fingerprint density at radius 2 is 2.13 bits per heavy atom. The standard InChI is InChI=1S/C18H19N5O6S/c24-17-6-3-12(10-21-17)9-20-15-5-4-14(8-16(15)23(26)27)30(28,29)22-18(25)13-2-1-7-19-11-13/h1-2,4-5,7-8,11-12,20H,3,6,9-10H2,(H,21,24)(H,22,25). The summed E-state index contributed by atoms with van der Waals surface area (Å²) in [6.45, 7) is 0.845. The molecule has 2 aromatic rings. The molecule has 0 radical (unpaired) electrons. The highest BCUT2D eigenvalue weighted by molar-refractivity contribution is 7.90. The van der Waals surface area contributed by atoms with Gasteiger partial charge in [0.15, 0.2) is 0 Å². The summed E-state index contributed by atoms with van der Waals surface area (Å²) >= 11 is 0. The molecule has 2 amide bonds. The number of aromatic nitrogens is 1. The molecule has 1 aromatic carbocycles. The summed E-state index contributed by atoms with van der Waals surface area (Å²) < 4.78 is 26.9. The molecule has 0 aliphatic carbocycles. The first-order chi connectivity index (χ1) is 14.3. The summed E-state index contributed by atoms with van der Waals surface area (Å²) in [6, 6.07) is 6.22. The van der Waals surface area contributed by atoms with E-state index < -0.39 is 31.4 Å². The summed E-state index contributed by atoms with van der Waals surface area (Å²) in [5, 5.41) is 17.1. The molecule has 158 valence electrons. The summed E-state index contributed by atoms with van der Waals surface area (Å²) in [6.07, 6.45) is 3.68. The van der Waals surface area contributed by atoms with Gasteiger partial charge in [-0.3, -0.25) is 24.7 Å². The Morgan fingerprint density at radius 1 is 1.33 bits per heavy atom. The van der Waals surface area contributed by atoms with E-state index in [2.05, 4.69) is 15.6 Å². The number of hydrogen-bond acceptors (Lipinski definition) is 8. The zero-order chi connectivity index (χ0) is 21.7. The highest BCUT2D eigenvalue weighted by Gasteiger charge is 2.25. The number of amides is 2. The normalized spacial score (nSPS) is 16.4. The van der Waals surface area contributed by atoms with E-state index in [0.29, 0.717) is 25.9 Å². The van der Waals surface area contributed by atoms with Crippen molar-refractivity contribution in [3.05, 3.63) is 58.4 Å². The molecule has 1 saturated heterocycles. The lowest BCUT2D eigenvalue weighted by Gasteiger charge is -2.23. The van der Waals surface area contributed by atoms with Gasteiger partial charge in [-0.1, -0.05) is 0 Å². The zero-order valence-electron chi connectivity index (χ0n) is 15.7. The predicted molar refractivity (Wildman–Crippen MR) is 106 cm³/mol. The van der Waals surface area contributed by atoms with Crippen LogP contribution in [-0.2, 0) is 14.8 Å². The molecule has 1 aliphatic rings. The molecule has 1 atom stereocenters. The van der Waals surface area contributed by atoms with Crippen LogP contribution in [0.2, 0.25) is 0 Å². The van der Waals surface area contributed by atoms with Gasteiger partial charge in [0.1, 0.15) is 5.69 Å². The Labute approximate surface area is 172 Å². The van der Waals surface area contributed by atoms with Gasteiger partial charge in [0.05, 0.1) is 15.4 Å². The first-order valence-electron chi connectivity index (χ1n) is 9.02. The van der Waals surface area contributed by atoms with Crippen molar-refractivity contribution in [3.8, 4) is 0 Å². The van der Waals surface area contributed by atoms with Crippen molar-refractivity contribution < 1.29 is 22.9 Å². The van der Waals surface area contributed by atoms with Gasteiger partial charge >= 0.3 is 0 Å². The van der Waals surface area contributed by atoms with Gasteiger partial charge in [0, 0.05) is 38.0 Å². The quantitative estimate of drug-likeness (QED) is 0.431. The van der Waals surface area contributed by atoms with Crippen LogP contribution in [0.25, 0.3) is 0 Å². The lowest BCUT2D eigenvalue weighted by Crippen LogP contribution is -2.37. The van der Waals surface area contributed by atoms with Crippen molar-refractivity contribution in [1.29, 1.82) is 0 Å². The fourth-order valence-corrected chi connectivity index (χ4v) is 3.92. The van der Waals surface area contributed by atoms with Crippen LogP contribution in [0.4, 0.5) is 11.4 Å². The number of anilines is 1. The molecule has 0 saturated carbocycles. The Hall–Kier alpha value is -3.54. The van der Waals surface area contributed by atoms with Gasteiger partial charge in [0.2, 0.25) is 5.91 Å². The lowest BCUT2D eigenvalue weighted by molar-refractivity contribution is -0.384. The van der Waals surface area contributed by atoms with Gasteiger partial charge in [-0.2, -0.15) is 0 Å². The molecule has 1 unspecified atom stereocenters. The average Bonchev–Trinajstić information content (AvgIpc) is 2.73. The van der Waals surface area contributed by atoms with E-state index in [-0.39, 0.29) is 23.1 Å². The second-order valence-corrected chi connectivity index (χ2v) is 8.38. The van der Waals surface area contributed by atoms with Crippen LogP contribution in [0.1, 0.15) is 23.2 Å². The van der Waals surface area contributed by atoms with E-state index in [4.69, 9.17) is 0 Å². The summed E-state index contributed by atoms with van der Waals surface area (Å²) in [7, 11) is -4.33. The van der Waals surface area contributed by atoms with E-state index in [1.807, 2.05) is 4.72 Å². The monoisotopic (exact) mass is 433 g/mol. The molecule has 30 heavy (non-hydrogen) atoms. The van der Waals surface area contributed by atoms with Crippen molar-refractivity contribution in [1.82, 2.24) is 15.0 Å². The van der Waals surface area contributed by atoms with E-state index in [9.17, 15) is 28.1 Å². The number of sulfonamides is 1. The maximum absolute atomic E-state index is 12.5. The molecule has 0 bridgehead atoms. The second kappa shape index (κ2) is 8.86. The highest BCUT2D eigenvalue weighted by atomic mass is 32.2. The van der Waals surface area contributed by atoms with Crippen LogP contribution in [0, 0.1) is 16.0 Å². The fourth-order valence-electron chi connectivity index (χ4n) is 2.93. The number of rotatable bonds is 7. The minimum atomic E-state index is -4.33. The van der Waals surface area contributed by atoms with Crippen molar-refractivity contribution in [2.24, 2.45) is 5.92 Å². The van der Waals surface area contributed by atoms with E-state index >= 15 is 0 Å². The van der Waals surface area contributed by atoms with Crippen molar-refractivity contribution in [3.63, 3.8) is 0 Å². The fraction of sp³-hybridized carbons (Fsp3) is 0.278. The average molecular weight is 433 g/mol. The number of nitrogens with zero attached hydrogens (tertiary/aromatic N) is 2. The van der Waals surface area contributed by atoms with E-state index in [1.54, 1.807) is 0 Å². The Morgan fingerprint density at radius 3 is 2.77 bits per heavy atom. The molecule has 1 aliphatic heterocycles. The molecule has 1 aromatic heterocycles. The van der Waals surface area contributed by atoms with Crippen LogP contribution < -0.4 is 15.4 Å². The van der Waals surface area contributed by atoms with Gasteiger partial charge in [-0.05, 0) is 36.6 Å². The molecule has 0 spiro atoms. The van der Waals surface area contributed by atoms with E-state index in [1.165, 1.54) is 36.7 Å². The SMILES string of the molecule is O=C1CCC(CNc2ccc(S(=O)(=O)NC(=O)c3cccnc3)cc2[N+](=O)[O-])CN1. The first-order valence-corrected chi connectivity index (χ1v) is 10.5. The molecule has 3 N–H and O–H groups in total. The largest absolute Gasteiger partial charge is 0.379 e. The van der Waals surface area contributed by atoms with Crippen molar-refractivity contribution in [2.45, 2.75) is 17.7 Å². The minimum Gasteiger partial charge on any atom is -0.379 e. The molecule has 12 heteroatoms. The number of benzene rings is 1. The van der Waals surface area contributed by atoms with Crippen LogP contribution >= 0.6 is 0 Å². The molecule has 11 nitrogen and oxygen atoms in total. The van der Waals surface area contributed by atoms with Gasteiger partial charge < -0.3 is 10.6 Å². The third-order valence-electron chi connectivity index (χ3n) is 4.58. The minimum absolute atomic E-state index is 0.0277. The number of carbonyl (C=O) groups excluding carboxylic acids is 2. The number of nitrogens with one attached hydrogen (secondary N) is 3. The highest BCUT2D eigenvalue weighted by Crippen LogP contribution is 2.28. The van der Waals surface area contributed by atoms with Gasteiger partial charge in [0.25, 0.3) is 21.6 Å². The summed E-state index contributed by atoms with van der Waals surface area (Å²) in [5.74, 6) is -0.822. The molecular formula is C18H19N5O6S. The molecule has 2 heterocycles. The third-order valence-corrected chi connectivity index (χ3v) is 5.90. The number of nitro groups is 1. The molecule has 3 rings (SSSR count). The Bertz CT molecular complexity index is 1060. The molecular weight excluding hydrogens is 414 g/mol. The van der Waals surface area contributed by atoms with Crippen LogP contribution in [0.15, 0.2) is 47.6 Å².